The van der Waals surface area contributed by atoms with Gasteiger partial charge in [0, 0.05) is 25.4 Å². The molecule has 1 aliphatic rings. The summed E-state index contributed by atoms with van der Waals surface area (Å²) >= 11 is 0. The van der Waals surface area contributed by atoms with E-state index in [4.69, 9.17) is 4.74 Å². The number of hydrogen-bond acceptors (Lipinski definition) is 2. The fourth-order valence-electron chi connectivity index (χ4n) is 1.38. The summed E-state index contributed by atoms with van der Waals surface area (Å²) < 4.78 is 7.33. The number of ether oxygens (including phenoxy) is 1. The molecule has 2 rings (SSSR count). The van der Waals surface area contributed by atoms with Gasteiger partial charge in [-0.2, -0.15) is 0 Å². The van der Waals surface area contributed by atoms with Crippen LogP contribution in [0.15, 0.2) is 12.4 Å². The molecule has 1 atom stereocenters. The summed E-state index contributed by atoms with van der Waals surface area (Å²) in [6.07, 6.45) is 6.59. The summed E-state index contributed by atoms with van der Waals surface area (Å²) in [5, 5.41) is 0. The lowest BCUT2D eigenvalue weighted by Gasteiger charge is -2.02. The fourth-order valence-corrected chi connectivity index (χ4v) is 1.38. The predicted molar refractivity (Wildman–Crippen MR) is 46.0 cm³/mol. The molecule has 0 N–H and O–H groups in total. The minimum absolute atomic E-state index is 0.520. The van der Waals surface area contributed by atoms with Crippen molar-refractivity contribution in [3.05, 3.63) is 18.2 Å². The van der Waals surface area contributed by atoms with Crippen molar-refractivity contribution in [1.29, 1.82) is 0 Å². The molecule has 0 aromatic carbocycles. The van der Waals surface area contributed by atoms with Crippen LogP contribution in [0.25, 0.3) is 0 Å². The Morgan fingerprint density at radius 3 is 3.25 bits per heavy atom. The molecule has 0 bridgehead atoms. The normalized spacial score (nSPS) is 21.2. The first kappa shape index (κ1) is 7.80. The number of aryl methyl sites for hydroxylation is 2. The fraction of sp³-hybridized carbons (Fsp3) is 0.667. The van der Waals surface area contributed by atoms with Gasteiger partial charge in [0.1, 0.15) is 5.82 Å². The Labute approximate surface area is 72.4 Å². The lowest BCUT2D eigenvalue weighted by Crippen LogP contribution is -2.02. The summed E-state index contributed by atoms with van der Waals surface area (Å²) in [6, 6.07) is 0. The topological polar surface area (TPSA) is 30.4 Å². The maximum atomic E-state index is 5.14. The Balaban J connectivity index is 1.91. The quantitative estimate of drug-likeness (QED) is 0.630. The molecule has 2 heterocycles. The maximum Gasteiger partial charge on any atom is 0.108 e. The van der Waals surface area contributed by atoms with E-state index in [1.54, 1.807) is 0 Å². The van der Waals surface area contributed by atoms with E-state index in [-0.39, 0.29) is 0 Å². The van der Waals surface area contributed by atoms with E-state index in [9.17, 15) is 0 Å². The lowest BCUT2D eigenvalue weighted by atomic mass is 10.2. The Hall–Kier alpha value is -0.830. The van der Waals surface area contributed by atoms with Gasteiger partial charge in [-0.15, -0.1) is 0 Å². The third-order valence-electron chi connectivity index (χ3n) is 2.23. The van der Waals surface area contributed by atoms with Crippen LogP contribution in [-0.4, -0.2) is 22.3 Å². The molecule has 3 heteroatoms. The Bertz CT molecular complexity index is 253. The van der Waals surface area contributed by atoms with Gasteiger partial charge in [0.15, 0.2) is 0 Å². The van der Waals surface area contributed by atoms with E-state index in [2.05, 4.69) is 16.5 Å². The average Bonchev–Trinajstić information content (AvgIpc) is 2.81. The Morgan fingerprint density at radius 1 is 1.75 bits per heavy atom. The van der Waals surface area contributed by atoms with Gasteiger partial charge in [0.25, 0.3) is 0 Å². The van der Waals surface area contributed by atoms with E-state index in [0.717, 1.165) is 26.0 Å². The highest BCUT2D eigenvalue weighted by atomic mass is 16.6. The van der Waals surface area contributed by atoms with Crippen LogP contribution < -0.4 is 0 Å². The van der Waals surface area contributed by atoms with Crippen molar-refractivity contribution in [2.75, 3.05) is 6.61 Å². The van der Waals surface area contributed by atoms with Crippen LogP contribution in [0.5, 0.6) is 0 Å². The molecule has 1 fully saturated rings. The summed E-state index contributed by atoms with van der Waals surface area (Å²) in [6.45, 7) is 4.10. The molecule has 12 heavy (non-hydrogen) atoms. The number of hydrogen-bond donors (Lipinski definition) is 0. The highest BCUT2D eigenvalue weighted by molar-refractivity contribution is 4.93. The van der Waals surface area contributed by atoms with Gasteiger partial charge in [0.05, 0.1) is 12.7 Å². The van der Waals surface area contributed by atoms with Crippen molar-refractivity contribution in [2.24, 2.45) is 0 Å². The van der Waals surface area contributed by atoms with Crippen LogP contribution in [0.3, 0.4) is 0 Å². The Morgan fingerprint density at radius 2 is 2.58 bits per heavy atom. The molecule has 1 aliphatic heterocycles. The SMILES string of the molecule is CCn1ccnc1CCC1CO1. The van der Waals surface area contributed by atoms with Crippen molar-refractivity contribution < 1.29 is 4.74 Å². The van der Waals surface area contributed by atoms with E-state index in [0.29, 0.717) is 6.10 Å². The molecule has 1 aromatic heterocycles. The second kappa shape index (κ2) is 3.27. The van der Waals surface area contributed by atoms with Gasteiger partial charge in [-0.3, -0.25) is 0 Å². The number of nitrogens with zero attached hydrogens (tertiary/aromatic N) is 2. The second-order valence-corrected chi connectivity index (χ2v) is 3.12. The van der Waals surface area contributed by atoms with E-state index in [1.807, 2.05) is 12.4 Å². The van der Waals surface area contributed by atoms with Crippen LogP contribution >= 0.6 is 0 Å². The van der Waals surface area contributed by atoms with Crippen molar-refractivity contribution in [1.82, 2.24) is 9.55 Å². The van der Waals surface area contributed by atoms with Crippen LogP contribution in [0.4, 0.5) is 0 Å². The number of epoxide rings is 1. The summed E-state index contributed by atoms with van der Waals surface area (Å²) in [5.74, 6) is 1.19. The Kier molecular flexibility index (Phi) is 2.13. The van der Waals surface area contributed by atoms with E-state index < -0.39 is 0 Å². The number of imidazole rings is 1. The molecule has 0 saturated carbocycles. The smallest absolute Gasteiger partial charge is 0.108 e. The monoisotopic (exact) mass is 166 g/mol. The van der Waals surface area contributed by atoms with E-state index >= 15 is 0 Å². The molecule has 66 valence electrons. The zero-order chi connectivity index (χ0) is 8.39. The van der Waals surface area contributed by atoms with Crippen molar-refractivity contribution in [2.45, 2.75) is 32.4 Å². The first-order valence-electron chi connectivity index (χ1n) is 4.51. The molecule has 3 nitrogen and oxygen atoms in total. The minimum Gasteiger partial charge on any atom is -0.373 e. The first-order chi connectivity index (χ1) is 5.90. The molecule has 0 spiro atoms. The maximum absolute atomic E-state index is 5.14. The molecule has 0 amide bonds. The molecule has 0 radical (unpaired) electrons. The van der Waals surface area contributed by atoms with Gasteiger partial charge >= 0.3 is 0 Å². The van der Waals surface area contributed by atoms with Crippen LogP contribution in [0.1, 0.15) is 19.2 Å². The zero-order valence-electron chi connectivity index (χ0n) is 7.36. The molecular weight excluding hydrogens is 152 g/mol. The van der Waals surface area contributed by atoms with Gasteiger partial charge in [-0.05, 0) is 13.3 Å². The van der Waals surface area contributed by atoms with Gasteiger partial charge < -0.3 is 9.30 Å². The molecule has 1 aromatic rings. The molecule has 0 aliphatic carbocycles. The highest BCUT2D eigenvalue weighted by Gasteiger charge is 2.22. The van der Waals surface area contributed by atoms with Crippen molar-refractivity contribution in [3.8, 4) is 0 Å². The lowest BCUT2D eigenvalue weighted by molar-refractivity contribution is 0.394. The highest BCUT2D eigenvalue weighted by Crippen LogP contribution is 2.15. The predicted octanol–water partition coefficient (Wildman–Crippen LogP) is 1.23. The largest absolute Gasteiger partial charge is 0.373 e. The van der Waals surface area contributed by atoms with E-state index in [1.165, 1.54) is 5.82 Å². The van der Waals surface area contributed by atoms with Crippen LogP contribution in [0, 0.1) is 0 Å². The van der Waals surface area contributed by atoms with Crippen LogP contribution in [-0.2, 0) is 17.7 Å². The third-order valence-corrected chi connectivity index (χ3v) is 2.23. The second-order valence-electron chi connectivity index (χ2n) is 3.12. The average molecular weight is 166 g/mol. The number of rotatable bonds is 4. The first-order valence-corrected chi connectivity index (χ1v) is 4.51. The molecule has 1 unspecified atom stereocenters. The molecule has 1 saturated heterocycles. The van der Waals surface area contributed by atoms with Crippen molar-refractivity contribution >= 4 is 0 Å². The van der Waals surface area contributed by atoms with Crippen LogP contribution in [0.2, 0.25) is 0 Å². The standard InChI is InChI=1S/C9H14N2O/c1-2-11-6-5-10-9(11)4-3-8-7-12-8/h5-6,8H,2-4,7H2,1H3. The minimum atomic E-state index is 0.520. The summed E-state index contributed by atoms with van der Waals surface area (Å²) in [4.78, 5) is 4.29. The zero-order valence-corrected chi connectivity index (χ0v) is 7.36. The van der Waals surface area contributed by atoms with Gasteiger partial charge in [-0.25, -0.2) is 4.98 Å². The summed E-state index contributed by atoms with van der Waals surface area (Å²) in [5.41, 5.74) is 0. The molecular formula is C9H14N2O. The third kappa shape index (κ3) is 1.67. The van der Waals surface area contributed by atoms with Crippen molar-refractivity contribution in [3.63, 3.8) is 0 Å². The van der Waals surface area contributed by atoms with Gasteiger partial charge in [-0.1, -0.05) is 0 Å². The number of aromatic nitrogens is 2. The van der Waals surface area contributed by atoms with Gasteiger partial charge in [0.2, 0.25) is 0 Å². The summed E-state index contributed by atoms with van der Waals surface area (Å²) in [7, 11) is 0.